The van der Waals surface area contributed by atoms with Gasteiger partial charge in [-0.1, -0.05) is 38.1 Å². The number of benzene rings is 2. The third kappa shape index (κ3) is 2.30. The average Bonchev–Trinajstić information content (AvgIpc) is 2.47. The molecule has 2 heteroatoms. The van der Waals surface area contributed by atoms with Crippen LogP contribution in [-0.4, -0.2) is 13.2 Å². The van der Waals surface area contributed by atoms with Gasteiger partial charge in [0.05, 0.1) is 12.2 Å². The van der Waals surface area contributed by atoms with E-state index in [-0.39, 0.29) is 0 Å². The van der Waals surface area contributed by atoms with E-state index in [0.29, 0.717) is 5.92 Å². The first-order chi connectivity index (χ1) is 9.25. The quantitative estimate of drug-likeness (QED) is 0.789. The Hall–Kier alpha value is -1.96. The number of rotatable bonds is 2. The fourth-order valence-electron chi connectivity index (χ4n) is 2.48. The predicted octanol–water partition coefficient (Wildman–Crippen LogP) is 4.34. The van der Waals surface area contributed by atoms with Crippen molar-refractivity contribution in [2.75, 3.05) is 18.1 Å². The highest BCUT2D eigenvalue weighted by atomic mass is 16.5. The van der Waals surface area contributed by atoms with Crippen molar-refractivity contribution in [2.45, 2.75) is 19.8 Å². The summed E-state index contributed by atoms with van der Waals surface area (Å²) < 4.78 is 5.70. The van der Waals surface area contributed by atoms with Crippen LogP contribution in [0.2, 0.25) is 0 Å². The van der Waals surface area contributed by atoms with E-state index < -0.39 is 0 Å². The average molecular weight is 253 g/mol. The Balaban J connectivity index is 1.95. The highest BCUT2D eigenvalue weighted by Gasteiger charge is 2.18. The molecule has 1 aliphatic heterocycles. The van der Waals surface area contributed by atoms with Gasteiger partial charge in [-0.15, -0.1) is 0 Å². The summed E-state index contributed by atoms with van der Waals surface area (Å²) in [5.41, 5.74) is 3.77. The third-order valence-corrected chi connectivity index (χ3v) is 3.60. The lowest BCUT2D eigenvalue weighted by atomic mass is 10.0. The van der Waals surface area contributed by atoms with E-state index >= 15 is 0 Å². The summed E-state index contributed by atoms with van der Waals surface area (Å²) in [5, 5.41) is 0. The molecule has 0 radical (unpaired) electrons. The number of fused-ring (bicyclic) bond motifs is 1. The monoisotopic (exact) mass is 253 g/mol. The zero-order chi connectivity index (χ0) is 13.2. The van der Waals surface area contributed by atoms with Crippen LogP contribution >= 0.6 is 0 Å². The molecule has 0 unspecified atom stereocenters. The Morgan fingerprint density at radius 1 is 1.00 bits per heavy atom. The lowest BCUT2D eigenvalue weighted by Crippen LogP contribution is -2.28. The molecule has 1 heterocycles. The molecule has 0 spiro atoms. The lowest BCUT2D eigenvalue weighted by Gasteiger charge is -2.31. The van der Waals surface area contributed by atoms with Crippen LogP contribution in [0.4, 0.5) is 11.4 Å². The topological polar surface area (TPSA) is 12.5 Å². The van der Waals surface area contributed by atoms with Gasteiger partial charge in [0, 0.05) is 5.69 Å². The van der Waals surface area contributed by atoms with Crippen molar-refractivity contribution < 1.29 is 4.74 Å². The van der Waals surface area contributed by atoms with Crippen molar-refractivity contribution in [1.82, 2.24) is 0 Å². The molecule has 0 amide bonds. The number of nitrogens with zero attached hydrogens (tertiary/aromatic N) is 1. The summed E-state index contributed by atoms with van der Waals surface area (Å²) in [6.07, 6.45) is 0. The van der Waals surface area contributed by atoms with Crippen molar-refractivity contribution in [3.63, 3.8) is 0 Å². The molecule has 0 atom stereocenters. The van der Waals surface area contributed by atoms with Gasteiger partial charge in [-0.2, -0.15) is 0 Å². The normalized spacial score (nSPS) is 14.2. The number of anilines is 2. The molecule has 0 N–H and O–H groups in total. The zero-order valence-corrected chi connectivity index (χ0v) is 11.5. The SMILES string of the molecule is CC(C)c1ccc(N2CCOc3ccccc32)cc1. The summed E-state index contributed by atoms with van der Waals surface area (Å²) in [6.45, 7) is 6.08. The van der Waals surface area contributed by atoms with E-state index in [1.807, 2.05) is 12.1 Å². The number of hydrogen-bond acceptors (Lipinski definition) is 2. The maximum Gasteiger partial charge on any atom is 0.143 e. The molecule has 2 aromatic rings. The van der Waals surface area contributed by atoms with Gasteiger partial charge in [0.1, 0.15) is 12.4 Å². The highest BCUT2D eigenvalue weighted by Crippen LogP contribution is 2.36. The number of hydrogen-bond donors (Lipinski definition) is 0. The second-order valence-corrected chi connectivity index (χ2v) is 5.21. The van der Waals surface area contributed by atoms with E-state index in [9.17, 15) is 0 Å². The first-order valence-electron chi connectivity index (χ1n) is 6.85. The van der Waals surface area contributed by atoms with E-state index in [0.717, 1.165) is 24.6 Å². The predicted molar refractivity (Wildman–Crippen MR) is 79.5 cm³/mol. The minimum atomic E-state index is 0.575. The summed E-state index contributed by atoms with van der Waals surface area (Å²) in [6, 6.07) is 17.1. The lowest BCUT2D eigenvalue weighted by molar-refractivity contribution is 0.314. The molecular formula is C17H19NO. The molecule has 3 rings (SSSR count). The third-order valence-electron chi connectivity index (χ3n) is 3.60. The maximum absolute atomic E-state index is 5.70. The van der Waals surface area contributed by atoms with Crippen LogP contribution in [0.1, 0.15) is 25.3 Å². The summed E-state index contributed by atoms with van der Waals surface area (Å²) in [4.78, 5) is 2.32. The minimum absolute atomic E-state index is 0.575. The van der Waals surface area contributed by atoms with Gasteiger partial charge in [-0.25, -0.2) is 0 Å². The van der Waals surface area contributed by atoms with Crippen molar-refractivity contribution in [2.24, 2.45) is 0 Å². The van der Waals surface area contributed by atoms with Crippen LogP contribution in [0.5, 0.6) is 5.75 Å². The zero-order valence-electron chi connectivity index (χ0n) is 11.5. The molecule has 0 bridgehead atoms. The molecule has 0 saturated heterocycles. The van der Waals surface area contributed by atoms with Gasteiger partial charge < -0.3 is 9.64 Å². The first kappa shape index (κ1) is 12.1. The standard InChI is InChI=1S/C17H19NO/c1-13(2)14-7-9-15(10-8-14)18-11-12-19-17-6-4-3-5-16(17)18/h3-10,13H,11-12H2,1-2H3. The van der Waals surface area contributed by atoms with E-state index in [4.69, 9.17) is 4.74 Å². The van der Waals surface area contributed by atoms with Crippen LogP contribution < -0.4 is 9.64 Å². The van der Waals surface area contributed by atoms with Gasteiger partial charge >= 0.3 is 0 Å². The molecular weight excluding hydrogens is 234 g/mol. The Morgan fingerprint density at radius 3 is 2.47 bits per heavy atom. The Morgan fingerprint density at radius 2 is 1.74 bits per heavy atom. The van der Waals surface area contributed by atoms with Crippen LogP contribution in [0, 0.1) is 0 Å². The van der Waals surface area contributed by atoms with E-state index in [1.54, 1.807) is 0 Å². The van der Waals surface area contributed by atoms with Crippen LogP contribution in [-0.2, 0) is 0 Å². The maximum atomic E-state index is 5.70. The van der Waals surface area contributed by atoms with E-state index in [2.05, 4.69) is 55.1 Å². The molecule has 98 valence electrons. The molecule has 2 nitrogen and oxygen atoms in total. The van der Waals surface area contributed by atoms with Gasteiger partial charge in [-0.3, -0.25) is 0 Å². The molecule has 0 saturated carbocycles. The summed E-state index contributed by atoms with van der Waals surface area (Å²) in [7, 11) is 0. The van der Waals surface area contributed by atoms with Crippen LogP contribution in [0.3, 0.4) is 0 Å². The highest BCUT2D eigenvalue weighted by molar-refractivity contribution is 5.70. The second kappa shape index (κ2) is 4.96. The van der Waals surface area contributed by atoms with E-state index in [1.165, 1.54) is 11.3 Å². The summed E-state index contributed by atoms with van der Waals surface area (Å²) >= 11 is 0. The molecule has 2 aromatic carbocycles. The largest absolute Gasteiger partial charge is 0.490 e. The van der Waals surface area contributed by atoms with Gasteiger partial charge in [0.25, 0.3) is 0 Å². The molecule has 1 aliphatic rings. The summed E-state index contributed by atoms with van der Waals surface area (Å²) in [5.74, 6) is 1.55. The fraction of sp³-hybridized carbons (Fsp3) is 0.294. The van der Waals surface area contributed by atoms with Crippen LogP contribution in [0.15, 0.2) is 48.5 Å². The Bertz CT molecular complexity index is 560. The van der Waals surface area contributed by atoms with Crippen molar-refractivity contribution in [1.29, 1.82) is 0 Å². The number of para-hydroxylation sites is 2. The van der Waals surface area contributed by atoms with Crippen molar-refractivity contribution >= 4 is 11.4 Å². The van der Waals surface area contributed by atoms with Gasteiger partial charge in [-0.05, 0) is 35.7 Å². The smallest absolute Gasteiger partial charge is 0.143 e. The first-order valence-corrected chi connectivity index (χ1v) is 6.85. The van der Waals surface area contributed by atoms with Crippen LogP contribution in [0.25, 0.3) is 0 Å². The molecule has 0 aliphatic carbocycles. The fourth-order valence-corrected chi connectivity index (χ4v) is 2.48. The van der Waals surface area contributed by atoms with Crippen molar-refractivity contribution in [3.8, 4) is 5.75 Å². The van der Waals surface area contributed by atoms with Gasteiger partial charge in [0.15, 0.2) is 0 Å². The number of ether oxygens (including phenoxy) is 1. The second-order valence-electron chi connectivity index (χ2n) is 5.21. The van der Waals surface area contributed by atoms with Crippen molar-refractivity contribution in [3.05, 3.63) is 54.1 Å². The minimum Gasteiger partial charge on any atom is -0.490 e. The Kier molecular flexibility index (Phi) is 3.16. The Labute approximate surface area is 114 Å². The molecule has 0 fully saturated rings. The van der Waals surface area contributed by atoms with Gasteiger partial charge in [0.2, 0.25) is 0 Å². The molecule has 0 aromatic heterocycles. The molecule has 19 heavy (non-hydrogen) atoms.